The lowest BCUT2D eigenvalue weighted by molar-refractivity contribution is 0.397. The van der Waals surface area contributed by atoms with Gasteiger partial charge in [0.15, 0.2) is 0 Å². The molecule has 0 spiro atoms. The summed E-state index contributed by atoms with van der Waals surface area (Å²) in [6.07, 6.45) is 1.48. The van der Waals surface area contributed by atoms with Gasteiger partial charge in [0.05, 0.1) is 30.0 Å². The lowest BCUT2D eigenvalue weighted by Gasteiger charge is -2.08. The van der Waals surface area contributed by atoms with Crippen LogP contribution in [0.25, 0.3) is 10.9 Å². The summed E-state index contributed by atoms with van der Waals surface area (Å²) < 4.78 is 36.2. The molecule has 1 heterocycles. The summed E-state index contributed by atoms with van der Waals surface area (Å²) >= 11 is 0. The second-order valence-corrected chi connectivity index (χ2v) is 6.64. The molecule has 1 N–H and O–H groups in total. The molecule has 0 aliphatic heterocycles. The molecule has 5 nitrogen and oxygen atoms in total. The third-order valence-corrected chi connectivity index (χ3v) is 5.27. The summed E-state index contributed by atoms with van der Waals surface area (Å²) in [4.78, 5) is 3.41. The van der Waals surface area contributed by atoms with Gasteiger partial charge in [-0.25, -0.2) is 8.42 Å². The van der Waals surface area contributed by atoms with Crippen LogP contribution in [0.3, 0.4) is 0 Å². The van der Waals surface area contributed by atoms with Crippen molar-refractivity contribution in [2.75, 3.05) is 14.2 Å². The number of hydrogen-bond acceptors (Lipinski definition) is 4. The number of rotatable bonds is 4. The molecule has 114 valence electrons. The molecule has 1 aromatic heterocycles. The quantitative estimate of drug-likeness (QED) is 0.803. The second kappa shape index (κ2) is 5.38. The van der Waals surface area contributed by atoms with Crippen molar-refractivity contribution in [2.24, 2.45) is 0 Å². The zero-order valence-electron chi connectivity index (χ0n) is 12.2. The van der Waals surface area contributed by atoms with Crippen molar-refractivity contribution in [2.45, 2.75) is 9.79 Å². The number of hydrogen-bond donors (Lipinski definition) is 1. The Hall–Kier alpha value is -2.47. The predicted molar refractivity (Wildman–Crippen MR) is 83.3 cm³/mol. The zero-order chi connectivity index (χ0) is 15.7. The topological polar surface area (TPSA) is 68.4 Å². The van der Waals surface area contributed by atoms with Crippen molar-refractivity contribution >= 4 is 20.7 Å². The Balaban J connectivity index is 2.29. The Kier molecular flexibility index (Phi) is 3.54. The van der Waals surface area contributed by atoms with E-state index in [0.717, 1.165) is 0 Å². The lowest BCUT2D eigenvalue weighted by atomic mass is 10.2. The van der Waals surface area contributed by atoms with Crippen LogP contribution in [-0.2, 0) is 9.84 Å². The Bertz CT molecular complexity index is 914. The maximum Gasteiger partial charge on any atom is 0.208 e. The average molecular weight is 317 g/mol. The lowest BCUT2D eigenvalue weighted by Crippen LogP contribution is -2.01. The van der Waals surface area contributed by atoms with E-state index in [1.165, 1.54) is 13.3 Å². The summed E-state index contributed by atoms with van der Waals surface area (Å²) in [5, 5.41) is 0.521. The largest absolute Gasteiger partial charge is 0.497 e. The number of methoxy groups -OCH3 is 2. The van der Waals surface area contributed by atoms with E-state index in [4.69, 9.17) is 9.47 Å². The van der Waals surface area contributed by atoms with E-state index in [1.807, 2.05) is 0 Å². The van der Waals surface area contributed by atoms with Gasteiger partial charge in [-0.2, -0.15) is 0 Å². The van der Waals surface area contributed by atoms with Crippen molar-refractivity contribution in [1.29, 1.82) is 0 Å². The van der Waals surface area contributed by atoms with Crippen LogP contribution >= 0.6 is 0 Å². The molecule has 22 heavy (non-hydrogen) atoms. The minimum atomic E-state index is -3.63. The molecule has 0 radical (unpaired) electrons. The van der Waals surface area contributed by atoms with Gasteiger partial charge < -0.3 is 14.5 Å². The van der Waals surface area contributed by atoms with Gasteiger partial charge in [-0.15, -0.1) is 0 Å². The molecule has 0 aliphatic rings. The minimum absolute atomic E-state index is 0.188. The van der Waals surface area contributed by atoms with Crippen molar-refractivity contribution in [1.82, 2.24) is 4.98 Å². The van der Waals surface area contributed by atoms with Gasteiger partial charge in [-0.3, -0.25) is 0 Å². The summed E-state index contributed by atoms with van der Waals surface area (Å²) in [6.45, 7) is 0. The van der Waals surface area contributed by atoms with Crippen molar-refractivity contribution in [3.8, 4) is 11.5 Å². The van der Waals surface area contributed by atoms with Gasteiger partial charge in [-0.1, -0.05) is 18.2 Å². The second-order valence-electron chi connectivity index (χ2n) is 4.72. The Morgan fingerprint density at radius 3 is 2.36 bits per heavy atom. The van der Waals surface area contributed by atoms with Crippen LogP contribution in [0.15, 0.2) is 58.5 Å². The number of nitrogens with one attached hydrogen (secondary N) is 1. The number of H-pyrrole nitrogens is 1. The van der Waals surface area contributed by atoms with E-state index in [-0.39, 0.29) is 9.79 Å². The first kappa shape index (κ1) is 14.5. The molecule has 0 fully saturated rings. The normalized spacial score (nSPS) is 11.5. The van der Waals surface area contributed by atoms with Crippen LogP contribution in [0.1, 0.15) is 0 Å². The Labute approximate surface area is 128 Å². The van der Waals surface area contributed by atoms with E-state index in [1.54, 1.807) is 49.6 Å². The molecule has 0 saturated carbocycles. The fourth-order valence-electron chi connectivity index (χ4n) is 2.39. The fourth-order valence-corrected chi connectivity index (χ4v) is 3.85. The fraction of sp³-hybridized carbons (Fsp3) is 0.125. The van der Waals surface area contributed by atoms with E-state index < -0.39 is 9.84 Å². The smallest absolute Gasteiger partial charge is 0.208 e. The number of ether oxygens (including phenoxy) is 2. The molecule has 6 heteroatoms. The average Bonchev–Trinajstić information content (AvgIpc) is 2.99. The van der Waals surface area contributed by atoms with Gasteiger partial charge in [0.2, 0.25) is 9.84 Å². The molecule has 0 aliphatic carbocycles. The SMILES string of the molecule is COc1cc(OC)c2c(S(=O)(=O)c3ccccc3)c[nH]c2c1. The molecule has 2 aromatic carbocycles. The van der Waals surface area contributed by atoms with E-state index in [0.29, 0.717) is 22.4 Å². The summed E-state index contributed by atoms with van der Waals surface area (Å²) in [5.41, 5.74) is 0.644. The van der Waals surface area contributed by atoms with Crippen molar-refractivity contribution < 1.29 is 17.9 Å². The predicted octanol–water partition coefficient (Wildman–Crippen LogP) is 3.02. The summed E-state index contributed by atoms with van der Waals surface area (Å²) in [7, 11) is -0.580. The molecule has 0 amide bonds. The number of aromatic nitrogens is 1. The highest BCUT2D eigenvalue weighted by Crippen LogP contribution is 2.37. The van der Waals surface area contributed by atoms with Gasteiger partial charge in [0.25, 0.3) is 0 Å². The standard InChI is InChI=1S/C16H15NO4S/c1-20-11-8-13-16(14(9-11)21-2)15(10-17-13)22(18,19)12-6-4-3-5-7-12/h3-10,17H,1-2H3. The first-order chi connectivity index (χ1) is 10.6. The van der Waals surface area contributed by atoms with Crippen LogP contribution in [0, 0.1) is 0 Å². The van der Waals surface area contributed by atoms with Crippen LogP contribution in [-0.4, -0.2) is 27.6 Å². The molecular weight excluding hydrogens is 302 g/mol. The molecule has 0 unspecified atom stereocenters. The highest BCUT2D eigenvalue weighted by molar-refractivity contribution is 7.91. The minimum Gasteiger partial charge on any atom is -0.497 e. The van der Waals surface area contributed by atoms with Gasteiger partial charge in [0, 0.05) is 18.3 Å². The maximum absolute atomic E-state index is 12.8. The monoisotopic (exact) mass is 317 g/mol. The first-order valence-corrected chi connectivity index (χ1v) is 8.09. The number of aromatic amines is 1. The van der Waals surface area contributed by atoms with Crippen molar-refractivity contribution in [3.05, 3.63) is 48.7 Å². The summed E-state index contributed by atoms with van der Waals surface area (Å²) in [5.74, 6) is 1.04. The van der Waals surface area contributed by atoms with Crippen LogP contribution in [0.4, 0.5) is 0 Å². The highest BCUT2D eigenvalue weighted by atomic mass is 32.2. The first-order valence-electron chi connectivity index (χ1n) is 6.61. The molecule has 0 atom stereocenters. The van der Waals surface area contributed by atoms with E-state index >= 15 is 0 Å². The molecule has 3 aromatic rings. The molecule has 3 rings (SSSR count). The Morgan fingerprint density at radius 2 is 1.73 bits per heavy atom. The van der Waals surface area contributed by atoms with Gasteiger partial charge in [0.1, 0.15) is 16.4 Å². The van der Waals surface area contributed by atoms with Gasteiger partial charge in [-0.05, 0) is 12.1 Å². The summed E-state index contributed by atoms with van der Waals surface area (Å²) in [6, 6.07) is 11.7. The molecular formula is C16H15NO4S. The zero-order valence-corrected chi connectivity index (χ0v) is 13.0. The molecule has 0 bridgehead atoms. The maximum atomic E-state index is 12.8. The third kappa shape index (κ3) is 2.21. The highest BCUT2D eigenvalue weighted by Gasteiger charge is 2.24. The number of fused-ring (bicyclic) bond motifs is 1. The van der Waals surface area contributed by atoms with Crippen LogP contribution in [0.5, 0.6) is 11.5 Å². The molecule has 0 saturated heterocycles. The number of benzene rings is 2. The van der Waals surface area contributed by atoms with Crippen LogP contribution < -0.4 is 9.47 Å². The van der Waals surface area contributed by atoms with Crippen molar-refractivity contribution in [3.63, 3.8) is 0 Å². The van der Waals surface area contributed by atoms with E-state index in [2.05, 4.69) is 4.98 Å². The Morgan fingerprint density at radius 1 is 1.00 bits per heavy atom. The van der Waals surface area contributed by atoms with Crippen LogP contribution in [0.2, 0.25) is 0 Å². The third-order valence-electron chi connectivity index (χ3n) is 3.48. The van der Waals surface area contributed by atoms with Gasteiger partial charge >= 0.3 is 0 Å². The van der Waals surface area contributed by atoms with E-state index in [9.17, 15) is 8.42 Å². The number of sulfone groups is 1.